The second kappa shape index (κ2) is 12.1. The maximum atomic E-state index is 13.4. The van der Waals surface area contributed by atoms with Crippen molar-refractivity contribution in [3.05, 3.63) is 63.8 Å². The average molecular weight is 479 g/mol. The third-order valence-corrected chi connectivity index (χ3v) is 7.29. The van der Waals surface area contributed by atoms with Gasteiger partial charge in [0.2, 0.25) is 5.43 Å². The Hall–Kier alpha value is -2.96. The number of rotatable bonds is 6. The van der Waals surface area contributed by atoms with Crippen LogP contribution in [0.1, 0.15) is 91.1 Å². The van der Waals surface area contributed by atoms with Crippen molar-refractivity contribution in [1.82, 2.24) is 19.8 Å². The summed E-state index contributed by atoms with van der Waals surface area (Å²) in [6.07, 6.45) is 15.3. The highest BCUT2D eigenvalue weighted by Gasteiger charge is 2.27. The number of pyridine rings is 2. The zero-order valence-corrected chi connectivity index (χ0v) is 20.9. The first-order valence-corrected chi connectivity index (χ1v) is 13.3. The molecule has 1 atom stereocenters. The Bertz CT molecular complexity index is 1060. The predicted octanol–water partition coefficient (Wildman–Crippen LogP) is 4.20. The molecule has 2 aliphatic rings. The van der Waals surface area contributed by atoms with Gasteiger partial charge in [-0.05, 0) is 43.7 Å². The van der Waals surface area contributed by atoms with Crippen LogP contribution in [0.15, 0.2) is 41.6 Å². The van der Waals surface area contributed by atoms with E-state index in [1.807, 2.05) is 22.8 Å². The highest BCUT2D eigenvalue weighted by Crippen LogP contribution is 2.19. The maximum Gasteiger partial charge on any atom is 0.259 e. The van der Waals surface area contributed by atoms with E-state index in [1.54, 1.807) is 23.5 Å². The van der Waals surface area contributed by atoms with Gasteiger partial charge in [-0.25, -0.2) is 0 Å². The second-order valence-corrected chi connectivity index (χ2v) is 10.2. The van der Waals surface area contributed by atoms with E-state index in [0.29, 0.717) is 32.0 Å². The third-order valence-electron chi connectivity index (χ3n) is 7.29. The number of amides is 2. The van der Waals surface area contributed by atoms with Crippen molar-refractivity contribution >= 4 is 11.8 Å². The number of aromatic nitrogens is 2. The standard InChI is InChI=1S/C28H38N4O3/c1-21-10-9-16-32(18-21)28(35)25-20-31(17-14-22-11-7-8-15-29-22)19-24(26(25)33)27(34)30-23-12-5-3-2-4-6-13-23/h7-8,11,15,19-21,23H,2-6,9-10,12-14,16-18H2,1H3,(H,30,34)/t21-/m0/s1. The quantitative estimate of drug-likeness (QED) is 0.674. The van der Waals surface area contributed by atoms with Gasteiger partial charge in [-0.2, -0.15) is 0 Å². The molecule has 7 nitrogen and oxygen atoms in total. The lowest BCUT2D eigenvalue weighted by Gasteiger charge is -2.31. The number of nitrogens with zero attached hydrogens (tertiary/aromatic N) is 3. The lowest BCUT2D eigenvalue weighted by Crippen LogP contribution is -2.43. The highest BCUT2D eigenvalue weighted by atomic mass is 16.2. The number of likely N-dealkylation sites (tertiary alicyclic amines) is 1. The smallest absolute Gasteiger partial charge is 0.259 e. The number of piperidine rings is 1. The fourth-order valence-corrected chi connectivity index (χ4v) is 5.27. The van der Waals surface area contributed by atoms with Crippen LogP contribution >= 0.6 is 0 Å². The molecule has 0 radical (unpaired) electrons. The third kappa shape index (κ3) is 6.80. The fourth-order valence-electron chi connectivity index (χ4n) is 5.27. The van der Waals surface area contributed by atoms with Gasteiger partial charge < -0.3 is 14.8 Å². The van der Waals surface area contributed by atoms with Crippen molar-refractivity contribution in [2.24, 2.45) is 5.92 Å². The van der Waals surface area contributed by atoms with Crippen LogP contribution in [0.5, 0.6) is 0 Å². The van der Waals surface area contributed by atoms with Gasteiger partial charge >= 0.3 is 0 Å². The SMILES string of the molecule is C[C@H]1CCCN(C(=O)c2cn(CCc3ccccn3)cc(C(=O)NC3CCCCCCC3)c2=O)C1. The van der Waals surface area contributed by atoms with E-state index in [4.69, 9.17) is 0 Å². The summed E-state index contributed by atoms with van der Waals surface area (Å²) >= 11 is 0. The first-order valence-electron chi connectivity index (χ1n) is 13.3. The molecule has 1 N–H and O–H groups in total. The Morgan fingerprint density at radius 1 is 1.00 bits per heavy atom. The number of hydrogen-bond donors (Lipinski definition) is 1. The Morgan fingerprint density at radius 2 is 1.74 bits per heavy atom. The maximum absolute atomic E-state index is 13.4. The summed E-state index contributed by atoms with van der Waals surface area (Å²) in [5.41, 5.74) is 0.601. The number of carbonyl (C=O) groups is 2. The van der Waals surface area contributed by atoms with E-state index < -0.39 is 5.43 Å². The second-order valence-electron chi connectivity index (χ2n) is 10.2. The Morgan fingerprint density at radius 3 is 2.46 bits per heavy atom. The summed E-state index contributed by atoms with van der Waals surface area (Å²) in [6.45, 7) is 3.95. The zero-order valence-electron chi connectivity index (χ0n) is 20.9. The minimum absolute atomic E-state index is 0.0592. The summed E-state index contributed by atoms with van der Waals surface area (Å²) in [4.78, 5) is 46.3. The Balaban J connectivity index is 1.60. The Labute approximate surface area is 207 Å². The van der Waals surface area contributed by atoms with Crippen LogP contribution < -0.4 is 10.7 Å². The summed E-state index contributed by atoms with van der Waals surface area (Å²) in [7, 11) is 0. The van der Waals surface area contributed by atoms with Gasteiger partial charge in [-0.1, -0.05) is 45.1 Å². The van der Waals surface area contributed by atoms with Crippen molar-refractivity contribution in [1.29, 1.82) is 0 Å². The molecule has 1 aliphatic carbocycles. The van der Waals surface area contributed by atoms with Gasteiger partial charge in [0.25, 0.3) is 11.8 Å². The minimum atomic E-state index is -0.467. The summed E-state index contributed by atoms with van der Waals surface area (Å²) in [6, 6.07) is 5.84. The molecule has 4 rings (SSSR count). The van der Waals surface area contributed by atoms with E-state index in [1.165, 1.54) is 19.3 Å². The number of carbonyl (C=O) groups excluding carboxylic acids is 2. The molecule has 1 saturated carbocycles. The number of aryl methyl sites for hydroxylation is 2. The molecule has 2 fully saturated rings. The van der Waals surface area contributed by atoms with Crippen molar-refractivity contribution in [2.45, 2.75) is 83.7 Å². The van der Waals surface area contributed by atoms with Crippen LogP contribution in [0.4, 0.5) is 0 Å². The van der Waals surface area contributed by atoms with Crippen LogP contribution in [0, 0.1) is 5.92 Å². The monoisotopic (exact) mass is 478 g/mol. The first kappa shape index (κ1) is 25.1. The van der Waals surface area contributed by atoms with Crippen LogP contribution in [-0.4, -0.2) is 45.4 Å². The molecule has 0 bridgehead atoms. The molecule has 1 aliphatic heterocycles. The van der Waals surface area contributed by atoms with Crippen molar-refractivity contribution in [3.8, 4) is 0 Å². The van der Waals surface area contributed by atoms with Crippen molar-refractivity contribution in [2.75, 3.05) is 13.1 Å². The molecule has 35 heavy (non-hydrogen) atoms. The lowest BCUT2D eigenvalue weighted by molar-refractivity contribution is 0.0680. The lowest BCUT2D eigenvalue weighted by atomic mass is 9.96. The predicted molar refractivity (Wildman–Crippen MR) is 137 cm³/mol. The van der Waals surface area contributed by atoms with Gasteiger partial charge in [0.15, 0.2) is 0 Å². The molecule has 3 heterocycles. The molecule has 188 valence electrons. The average Bonchev–Trinajstić information content (AvgIpc) is 2.85. The highest BCUT2D eigenvalue weighted by molar-refractivity contribution is 5.99. The van der Waals surface area contributed by atoms with E-state index in [2.05, 4.69) is 17.2 Å². The molecule has 0 unspecified atom stereocenters. The molecule has 2 amide bonds. The van der Waals surface area contributed by atoms with Crippen LogP contribution in [-0.2, 0) is 13.0 Å². The molecule has 2 aromatic rings. The van der Waals surface area contributed by atoms with E-state index in [-0.39, 0.29) is 29.0 Å². The topological polar surface area (TPSA) is 84.3 Å². The molecule has 1 saturated heterocycles. The van der Waals surface area contributed by atoms with E-state index >= 15 is 0 Å². The van der Waals surface area contributed by atoms with Crippen LogP contribution in [0.3, 0.4) is 0 Å². The fraction of sp³-hybridized carbons (Fsp3) is 0.571. The zero-order chi connectivity index (χ0) is 24.6. The van der Waals surface area contributed by atoms with Gasteiger partial charge in [0.1, 0.15) is 11.1 Å². The largest absolute Gasteiger partial charge is 0.352 e. The molecular formula is C28H38N4O3. The first-order chi connectivity index (χ1) is 17.0. The molecular weight excluding hydrogens is 440 g/mol. The molecule has 7 heteroatoms. The van der Waals surface area contributed by atoms with Gasteiger partial charge in [0.05, 0.1) is 0 Å². The van der Waals surface area contributed by atoms with Gasteiger partial charge in [-0.3, -0.25) is 19.4 Å². The Kier molecular flexibility index (Phi) is 8.72. The molecule has 2 aromatic heterocycles. The number of hydrogen-bond acceptors (Lipinski definition) is 4. The number of nitrogens with one attached hydrogen (secondary N) is 1. The summed E-state index contributed by atoms with van der Waals surface area (Å²) < 4.78 is 1.81. The van der Waals surface area contributed by atoms with Crippen molar-refractivity contribution < 1.29 is 9.59 Å². The van der Waals surface area contributed by atoms with Crippen LogP contribution in [0.25, 0.3) is 0 Å². The minimum Gasteiger partial charge on any atom is -0.352 e. The van der Waals surface area contributed by atoms with Crippen molar-refractivity contribution in [3.63, 3.8) is 0 Å². The summed E-state index contributed by atoms with van der Waals surface area (Å²) in [5, 5.41) is 3.11. The van der Waals surface area contributed by atoms with E-state index in [0.717, 1.165) is 44.2 Å². The van der Waals surface area contributed by atoms with Gasteiger partial charge in [0, 0.05) is 56.4 Å². The van der Waals surface area contributed by atoms with E-state index in [9.17, 15) is 14.4 Å². The van der Waals surface area contributed by atoms with Gasteiger partial charge in [-0.15, -0.1) is 0 Å². The molecule has 0 spiro atoms. The van der Waals surface area contributed by atoms with Crippen LogP contribution in [0.2, 0.25) is 0 Å². The summed E-state index contributed by atoms with van der Waals surface area (Å²) in [5.74, 6) is -0.229. The molecule has 0 aromatic carbocycles. The normalized spacial score (nSPS) is 19.6.